The molecule has 110 valence electrons. The molecule has 6 heteroatoms. The molecule has 0 fully saturated rings. The highest BCUT2D eigenvalue weighted by Crippen LogP contribution is 2.17. The van der Waals surface area contributed by atoms with Gasteiger partial charge in [0.1, 0.15) is 5.75 Å². The average Bonchev–Trinajstić information content (AvgIpc) is 2.34. The van der Waals surface area contributed by atoms with Crippen LogP contribution in [0.4, 0.5) is 0 Å². The zero-order valence-corrected chi connectivity index (χ0v) is 11.9. The van der Waals surface area contributed by atoms with E-state index in [1.807, 2.05) is 0 Å². The van der Waals surface area contributed by atoms with Crippen LogP contribution in [0.2, 0.25) is 0 Å². The lowest BCUT2D eigenvalue weighted by Gasteiger charge is -2.25. The number of aliphatic hydroxyl groups is 1. The van der Waals surface area contributed by atoms with Gasteiger partial charge in [0, 0.05) is 13.6 Å². The number of para-hydroxylation sites is 1. The Bertz CT molecular complexity index is 494. The van der Waals surface area contributed by atoms with E-state index in [1.54, 1.807) is 39.1 Å². The van der Waals surface area contributed by atoms with Gasteiger partial charge in [0.15, 0.2) is 6.61 Å². The molecule has 0 spiro atoms. The van der Waals surface area contributed by atoms with Crippen molar-refractivity contribution in [3.05, 3.63) is 29.8 Å². The van der Waals surface area contributed by atoms with Gasteiger partial charge in [-0.1, -0.05) is 12.1 Å². The predicted molar refractivity (Wildman–Crippen MR) is 74.4 cm³/mol. The fourth-order valence-corrected chi connectivity index (χ4v) is 1.71. The van der Waals surface area contributed by atoms with Crippen LogP contribution in [0.15, 0.2) is 24.3 Å². The maximum Gasteiger partial charge on any atom is 0.260 e. The molecule has 0 aliphatic heterocycles. The smallest absolute Gasteiger partial charge is 0.260 e. The second kappa shape index (κ2) is 6.38. The molecule has 0 bridgehead atoms. The van der Waals surface area contributed by atoms with E-state index < -0.39 is 11.5 Å². The summed E-state index contributed by atoms with van der Waals surface area (Å²) >= 11 is 0. The summed E-state index contributed by atoms with van der Waals surface area (Å²) in [6.45, 7) is 3.18. The quantitative estimate of drug-likeness (QED) is 0.788. The summed E-state index contributed by atoms with van der Waals surface area (Å²) in [5, 5.41) is 9.64. The molecule has 0 aliphatic rings. The molecule has 1 aromatic rings. The van der Waals surface area contributed by atoms with E-state index in [2.05, 4.69) is 0 Å². The molecular weight excluding hydrogens is 260 g/mol. The fraction of sp³-hybridized carbons (Fsp3) is 0.429. The Balaban J connectivity index is 2.64. The molecule has 0 saturated carbocycles. The van der Waals surface area contributed by atoms with Crippen molar-refractivity contribution in [2.75, 3.05) is 20.2 Å². The molecule has 0 atom stereocenters. The zero-order chi connectivity index (χ0) is 15.3. The molecule has 0 aromatic heterocycles. The molecule has 0 heterocycles. The summed E-state index contributed by atoms with van der Waals surface area (Å²) < 4.78 is 5.32. The van der Waals surface area contributed by atoms with Crippen LogP contribution < -0.4 is 10.5 Å². The topological polar surface area (TPSA) is 92.9 Å². The number of hydrogen-bond donors (Lipinski definition) is 2. The number of carbonyl (C=O) groups excluding carboxylic acids is 2. The first-order valence-electron chi connectivity index (χ1n) is 6.18. The fourth-order valence-electron chi connectivity index (χ4n) is 1.71. The summed E-state index contributed by atoms with van der Waals surface area (Å²) in [6.07, 6.45) is 0. The van der Waals surface area contributed by atoms with Crippen molar-refractivity contribution in [2.24, 2.45) is 5.73 Å². The van der Waals surface area contributed by atoms with Crippen molar-refractivity contribution in [1.82, 2.24) is 4.90 Å². The largest absolute Gasteiger partial charge is 0.483 e. The molecule has 1 rings (SSSR count). The lowest BCUT2D eigenvalue weighted by atomic mass is 10.1. The Hall–Kier alpha value is -2.08. The molecule has 2 amide bonds. The van der Waals surface area contributed by atoms with E-state index in [9.17, 15) is 14.7 Å². The van der Waals surface area contributed by atoms with Gasteiger partial charge < -0.3 is 20.5 Å². The van der Waals surface area contributed by atoms with E-state index in [1.165, 1.54) is 11.0 Å². The summed E-state index contributed by atoms with van der Waals surface area (Å²) in [6, 6.07) is 6.45. The van der Waals surface area contributed by atoms with E-state index in [0.29, 0.717) is 0 Å². The summed E-state index contributed by atoms with van der Waals surface area (Å²) in [7, 11) is 1.57. The van der Waals surface area contributed by atoms with Crippen LogP contribution in [0.1, 0.15) is 24.2 Å². The van der Waals surface area contributed by atoms with E-state index in [4.69, 9.17) is 10.5 Å². The first kappa shape index (κ1) is 16.0. The summed E-state index contributed by atoms with van der Waals surface area (Å²) in [5.41, 5.74) is 4.47. The monoisotopic (exact) mass is 280 g/mol. The van der Waals surface area contributed by atoms with Gasteiger partial charge in [-0.15, -0.1) is 0 Å². The van der Waals surface area contributed by atoms with Gasteiger partial charge in [0.25, 0.3) is 11.8 Å². The Morgan fingerprint density at radius 3 is 2.50 bits per heavy atom. The van der Waals surface area contributed by atoms with Crippen molar-refractivity contribution < 1.29 is 19.4 Å². The van der Waals surface area contributed by atoms with Crippen LogP contribution >= 0.6 is 0 Å². The molecule has 0 unspecified atom stereocenters. The van der Waals surface area contributed by atoms with Crippen LogP contribution in [0.3, 0.4) is 0 Å². The van der Waals surface area contributed by atoms with Crippen molar-refractivity contribution in [1.29, 1.82) is 0 Å². The molecule has 0 saturated heterocycles. The minimum Gasteiger partial charge on any atom is -0.483 e. The minimum absolute atomic E-state index is 0.187. The van der Waals surface area contributed by atoms with Crippen molar-refractivity contribution in [3.8, 4) is 5.75 Å². The maximum absolute atomic E-state index is 11.8. The van der Waals surface area contributed by atoms with Crippen molar-refractivity contribution in [2.45, 2.75) is 19.4 Å². The minimum atomic E-state index is -0.977. The van der Waals surface area contributed by atoms with Crippen LogP contribution in [-0.4, -0.2) is 47.6 Å². The molecule has 0 aliphatic carbocycles. The van der Waals surface area contributed by atoms with Gasteiger partial charge in [0.2, 0.25) is 0 Å². The van der Waals surface area contributed by atoms with Gasteiger partial charge in [-0.05, 0) is 26.0 Å². The second-order valence-electron chi connectivity index (χ2n) is 5.21. The SMILES string of the molecule is CN(CC(C)(C)O)C(=O)COc1ccccc1C(N)=O. The van der Waals surface area contributed by atoms with Crippen molar-refractivity contribution >= 4 is 11.8 Å². The van der Waals surface area contributed by atoms with Gasteiger partial charge in [-0.2, -0.15) is 0 Å². The van der Waals surface area contributed by atoms with Gasteiger partial charge in [-0.25, -0.2) is 0 Å². The van der Waals surface area contributed by atoms with Gasteiger partial charge in [-0.3, -0.25) is 9.59 Å². The molecular formula is C14H20N2O4. The van der Waals surface area contributed by atoms with Gasteiger partial charge in [0.05, 0.1) is 11.2 Å². The highest BCUT2D eigenvalue weighted by molar-refractivity contribution is 5.95. The van der Waals surface area contributed by atoms with Crippen LogP contribution in [0.25, 0.3) is 0 Å². The number of carbonyl (C=O) groups is 2. The van der Waals surface area contributed by atoms with E-state index >= 15 is 0 Å². The molecule has 1 aromatic carbocycles. The third-order valence-corrected chi connectivity index (χ3v) is 2.55. The Morgan fingerprint density at radius 2 is 1.95 bits per heavy atom. The third-order valence-electron chi connectivity index (χ3n) is 2.55. The summed E-state index contributed by atoms with van der Waals surface area (Å²) in [4.78, 5) is 24.4. The number of benzene rings is 1. The molecule has 20 heavy (non-hydrogen) atoms. The first-order valence-corrected chi connectivity index (χ1v) is 6.18. The standard InChI is InChI=1S/C14H20N2O4/c1-14(2,19)9-16(3)12(17)8-20-11-7-5-4-6-10(11)13(15)18/h4-7,19H,8-9H2,1-3H3,(H2,15,18). The van der Waals surface area contributed by atoms with Crippen molar-refractivity contribution in [3.63, 3.8) is 0 Å². The lowest BCUT2D eigenvalue weighted by Crippen LogP contribution is -2.41. The van der Waals surface area contributed by atoms with E-state index in [-0.39, 0.29) is 30.4 Å². The van der Waals surface area contributed by atoms with E-state index in [0.717, 1.165) is 0 Å². The second-order valence-corrected chi connectivity index (χ2v) is 5.21. The van der Waals surface area contributed by atoms with Gasteiger partial charge >= 0.3 is 0 Å². The Morgan fingerprint density at radius 1 is 1.35 bits per heavy atom. The first-order chi connectivity index (χ1) is 9.20. The number of ether oxygens (including phenoxy) is 1. The number of nitrogens with two attached hydrogens (primary N) is 1. The Kier molecular flexibility index (Phi) is 5.10. The number of hydrogen-bond acceptors (Lipinski definition) is 4. The predicted octanol–water partition coefficient (Wildman–Crippen LogP) is 0.394. The highest BCUT2D eigenvalue weighted by atomic mass is 16.5. The normalized spacial score (nSPS) is 11.0. The number of likely N-dealkylation sites (N-methyl/N-ethyl adjacent to an activating group) is 1. The highest BCUT2D eigenvalue weighted by Gasteiger charge is 2.20. The zero-order valence-electron chi connectivity index (χ0n) is 11.9. The molecule has 0 radical (unpaired) electrons. The molecule has 3 N–H and O–H groups in total. The number of nitrogens with zero attached hydrogens (tertiary/aromatic N) is 1. The number of primary amides is 1. The van der Waals surface area contributed by atoms with Crippen LogP contribution in [0, 0.1) is 0 Å². The maximum atomic E-state index is 11.8. The van der Waals surface area contributed by atoms with Crippen LogP contribution in [0.5, 0.6) is 5.75 Å². The number of amides is 2. The summed E-state index contributed by atoms with van der Waals surface area (Å²) in [5.74, 6) is -0.644. The number of rotatable bonds is 6. The Labute approximate surface area is 118 Å². The average molecular weight is 280 g/mol. The van der Waals surface area contributed by atoms with Crippen LogP contribution in [-0.2, 0) is 4.79 Å². The lowest BCUT2D eigenvalue weighted by molar-refractivity contribution is -0.134. The third kappa shape index (κ3) is 4.89. The molecule has 6 nitrogen and oxygen atoms in total.